The van der Waals surface area contributed by atoms with Gasteiger partial charge in [-0.05, 0) is 23.3 Å². The fraction of sp³-hybridized carbons (Fsp3) is 0.429. The van der Waals surface area contributed by atoms with E-state index in [2.05, 4.69) is 53.7 Å². The second-order valence-electron chi connectivity index (χ2n) is 8.14. The lowest BCUT2D eigenvalue weighted by molar-refractivity contribution is 0.0601. The molecule has 1 heterocycles. The second-order valence-corrected chi connectivity index (χ2v) is 9.23. The van der Waals surface area contributed by atoms with E-state index in [1.165, 1.54) is 22.4 Å². The quantitative estimate of drug-likeness (QED) is 0.488. The Morgan fingerprint density at radius 3 is 1.67 bits per heavy atom. The van der Waals surface area contributed by atoms with Crippen LogP contribution in [0.1, 0.15) is 61.7 Å². The van der Waals surface area contributed by atoms with Crippen molar-refractivity contribution in [3.8, 4) is 11.1 Å². The molecule has 0 aliphatic rings. The SMILES string of the molecule is COC(=O)c1ccc(-c2cc(C(C)(C)C)[s+]c(C(C)(C)C)c2)cc1. The van der Waals surface area contributed by atoms with E-state index in [0.717, 1.165) is 5.56 Å². The number of hydrogen-bond donors (Lipinski definition) is 0. The lowest BCUT2D eigenvalue weighted by Crippen LogP contribution is -2.14. The molecule has 1 aromatic heterocycles. The first-order chi connectivity index (χ1) is 11.0. The molecule has 0 unspecified atom stereocenters. The first-order valence-electron chi connectivity index (χ1n) is 8.20. The van der Waals surface area contributed by atoms with Crippen molar-refractivity contribution < 1.29 is 9.53 Å². The highest BCUT2D eigenvalue weighted by Crippen LogP contribution is 2.37. The van der Waals surface area contributed by atoms with Crippen molar-refractivity contribution in [1.29, 1.82) is 0 Å². The molecule has 0 saturated heterocycles. The van der Waals surface area contributed by atoms with Gasteiger partial charge >= 0.3 is 5.97 Å². The molecule has 0 amide bonds. The van der Waals surface area contributed by atoms with E-state index >= 15 is 0 Å². The number of hydrogen-bond acceptors (Lipinski definition) is 2. The van der Waals surface area contributed by atoms with E-state index in [-0.39, 0.29) is 16.8 Å². The fourth-order valence-corrected chi connectivity index (χ4v) is 3.55. The number of carbonyl (C=O) groups excluding carboxylic acids is 1. The maximum Gasteiger partial charge on any atom is 0.337 e. The molecule has 0 atom stereocenters. The molecule has 2 rings (SSSR count). The van der Waals surface area contributed by atoms with Gasteiger partial charge in [-0.15, -0.1) is 0 Å². The van der Waals surface area contributed by atoms with E-state index in [1.807, 2.05) is 35.6 Å². The van der Waals surface area contributed by atoms with E-state index in [1.54, 1.807) is 0 Å². The van der Waals surface area contributed by atoms with Crippen LogP contribution in [-0.4, -0.2) is 13.1 Å². The highest BCUT2D eigenvalue weighted by Gasteiger charge is 2.32. The minimum absolute atomic E-state index is 0.104. The molecule has 0 bridgehead atoms. The summed E-state index contributed by atoms with van der Waals surface area (Å²) in [6.45, 7) is 13.5. The Morgan fingerprint density at radius 1 is 0.833 bits per heavy atom. The summed E-state index contributed by atoms with van der Waals surface area (Å²) in [7, 11) is 1.40. The normalized spacial score (nSPS) is 12.1. The maximum atomic E-state index is 11.6. The molecule has 0 N–H and O–H groups in total. The first-order valence-corrected chi connectivity index (χ1v) is 9.02. The van der Waals surface area contributed by atoms with Gasteiger partial charge < -0.3 is 4.74 Å². The smallest absolute Gasteiger partial charge is 0.337 e. The molecular formula is C21H27O2S+. The molecule has 24 heavy (non-hydrogen) atoms. The van der Waals surface area contributed by atoms with Gasteiger partial charge in [0.05, 0.1) is 12.7 Å². The Hall–Kier alpha value is -1.74. The van der Waals surface area contributed by atoms with Gasteiger partial charge in [-0.3, -0.25) is 0 Å². The minimum atomic E-state index is -0.303. The summed E-state index contributed by atoms with van der Waals surface area (Å²) in [5.74, 6) is -0.303. The van der Waals surface area contributed by atoms with Crippen molar-refractivity contribution in [2.24, 2.45) is 0 Å². The predicted octanol–water partition coefficient (Wildman–Crippen LogP) is 6.08. The van der Waals surface area contributed by atoms with Crippen LogP contribution < -0.4 is 0 Å². The molecule has 0 fully saturated rings. The van der Waals surface area contributed by atoms with Crippen LogP contribution in [0, 0.1) is 0 Å². The summed E-state index contributed by atoms with van der Waals surface area (Å²) in [5, 5.41) is 0. The molecule has 1 aromatic carbocycles. The average molecular weight is 344 g/mol. The zero-order valence-corrected chi connectivity index (χ0v) is 16.5. The van der Waals surface area contributed by atoms with Crippen molar-refractivity contribution in [2.75, 3.05) is 7.11 Å². The van der Waals surface area contributed by atoms with Crippen LogP contribution in [0.5, 0.6) is 0 Å². The highest BCUT2D eigenvalue weighted by molar-refractivity contribution is 7.12. The van der Waals surface area contributed by atoms with E-state index in [0.29, 0.717) is 5.56 Å². The standard InChI is InChI=1S/C21H27O2S/c1-20(2,3)17-12-16(13-18(24-17)21(4,5)6)14-8-10-15(11-9-14)19(22)23-7/h8-13H,1-7H3/q+1. The van der Waals surface area contributed by atoms with Gasteiger partial charge in [0.15, 0.2) is 0 Å². The van der Waals surface area contributed by atoms with Crippen LogP contribution in [0.3, 0.4) is 0 Å². The lowest BCUT2D eigenvalue weighted by atomic mass is 9.90. The van der Waals surface area contributed by atoms with Gasteiger partial charge in [0, 0.05) is 23.0 Å². The van der Waals surface area contributed by atoms with Gasteiger partial charge in [0.2, 0.25) is 21.1 Å². The summed E-state index contributed by atoms with van der Waals surface area (Å²) in [5.41, 5.74) is 3.10. The van der Waals surface area contributed by atoms with Gasteiger partial charge in [-0.25, -0.2) is 4.79 Å². The van der Waals surface area contributed by atoms with Crippen molar-refractivity contribution >= 4 is 17.3 Å². The number of ether oxygens (including phenoxy) is 1. The van der Waals surface area contributed by atoms with Crippen LogP contribution >= 0.6 is 11.3 Å². The third kappa shape index (κ3) is 4.21. The van der Waals surface area contributed by atoms with Crippen LogP contribution in [0.4, 0.5) is 0 Å². The summed E-state index contributed by atoms with van der Waals surface area (Å²) in [4.78, 5) is 14.3. The summed E-state index contributed by atoms with van der Waals surface area (Å²) in [6, 6.07) is 12.2. The molecule has 3 heteroatoms. The molecule has 0 aliphatic carbocycles. The summed E-state index contributed by atoms with van der Waals surface area (Å²) >= 11 is 1.88. The molecule has 2 nitrogen and oxygen atoms in total. The zero-order valence-electron chi connectivity index (χ0n) is 15.7. The number of methoxy groups -OCH3 is 1. The Kier molecular flexibility index (Phi) is 5.14. The number of rotatable bonds is 2. The van der Waals surface area contributed by atoms with Crippen molar-refractivity contribution in [3.05, 3.63) is 51.7 Å². The Morgan fingerprint density at radius 2 is 1.29 bits per heavy atom. The van der Waals surface area contributed by atoms with Crippen molar-refractivity contribution in [2.45, 2.75) is 52.4 Å². The van der Waals surface area contributed by atoms with Crippen LogP contribution in [-0.2, 0) is 15.6 Å². The Labute approximate surface area is 149 Å². The first kappa shape index (κ1) is 18.6. The average Bonchev–Trinajstić information content (AvgIpc) is 2.52. The van der Waals surface area contributed by atoms with Crippen LogP contribution in [0.15, 0.2) is 36.4 Å². The molecule has 0 spiro atoms. The fourth-order valence-electron chi connectivity index (χ4n) is 2.32. The Balaban J connectivity index is 2.55. The summed E-state index contributed by atoms with van der Waals surface area (Å²) < 4.78 is 4.77. The third-order valence-electron chi connectivity index (χ3n) is 3.91. The monoisotopic (exact) mass is 343 g/mol. The van der Waals surface area contributed by atoms with Crippen LogP contribution in [0.2, 0.25) is 0 Å². The second kappa shape index (κ2) is 6.64. The lowest BCUT2D eigenvalue weighted by Gasteiger charge is -2.16. The van der Waals surface area contributed by atoms with Gasteiger partial charge in [-0.2, -0.15) is 0 Å². The highest BCUT2D eigenvalue weighted by atomic mass is 32.1. The number of carbonyl (C=O) groups is 1. The third-order valence-corrected chi connectivity index (χ3v) is 5.81. The van der Waals surface area contributed by atoms with Crippen LogP contribution in [0.25, 0.3) is 11.1 Å². The van der Waals surface area contributed by atoms with Gasteiger partial charge in [-0.1, -0.05) is 53.7 Å². The molecule has 0 saturated carbocycles. The predicted molar refractivity (Wildman–Crippen MR) is 103 cm³/mol. The van der Waals surface area contributed by atoms with E-state index in [4.69, 9.17) is 4.74 Å². The molecule has 0 radical (unpaired) electrons. The summed E-state index contributed by atoms with van der Waals surface area (Å²) in [6.07, 6.45) is 0. The van der Waals surface area contributed by atoms with Crippen molar-refractivity contribution in [3.63, 3.8) is 0 Å². The molecule has 128 valence electrons. The molecular weight excluding hydrogens is 316 g/mol. The Bertz CT molecular complexity index is 700. The van der Waals surface area contributed by atoms with E-state index in [9.17, 15) is 4.79 Å². The zero-order chi connectivity index (χ0) is 18.1. The molecule has 2 aromatic rings. The minimum Gasteiger partial charge on any atom is -0.465 e. The number of esters is 1. The van der Waals surface area contributed by atoms with E-state index < -0.39 is 0 Å². The maximum absolute atomic E-state index is 11.6. The number of benzene rings is 1. The van der Waals surface area contributed by atoms with Gasteiger partial charge in [0.25, 0.3) is 0 Å². The van der Waals surface area contributed by atoms with Crippen molar-refractivity contribution in [1.82, 2.24) is 0 Å². The largest absolute Gasteiger partial charge is 0.465 e. The topological polar surface area (TPSA) is 26.3 Å². The molecule has 0 aliphatic heterocycles. The van der Waals surface area contributed by atoms with Gasteiger partial charge in [0.1, 0.15) is 0 Å².